The Kier molecular flexibility index (Phi) is 2.43. The molecule has 2 atom stereocenters. The minimum Gasteiger partial charge on any atom is -0.376 e. The van der Waals surface area contributed by atoms with Gasteiger partial charge >= 0.3 is 0 Å². The molecule has 0 saturated heterocycles. The van der Waals surface area contributed by atoms with Gasteiger partial charge in [0.2, 0.25) is 0 Å². The highest BCUT2D eigenvalue weighted by atomic mass is 79.9. The Bertz CT molecular complexity index is 994. The van der Waals surface area contributed by atoms with Gasteiger partial charge in [-0.25, -0.2) is 0 Å². The fourth-order valence-electron chi connectivity index (χ4n) is 3.79. The second-order valence-corrected chi connectivity index (χ2v) is 7.15. The third-order valence-electron chi connectivity index (χ3n) is 4.83. The molecule has 0 fully saturated rings. The van der Waals surface area contributed by atoms with Gasteiger partial charge in [-0.05, 0) is 30.7 Å². The number of rotatable bonds is 0. The summed E-state index contributed by atoms with van der Waals surface area (Å²) < 4.78 is 1.12. The third kappa shape index (κ3) is 1.60. The molecule has 2 aliphatic rings. The first kappa shape index (κ1) is 12.5. The van der Waals surface area contributed by atoms with Crippen LogP contribution in [0, 0.1) is 0 Å². The molecule has 3 aromatic rings. The van der Waals surface area contributed by atoms with Crippen molar-refractivity contribution in [1.82, 2.24) is 4.98 Å². The zero-order chi connectivity index (χ0) is 14.8. The lowest BCUT2D eigenvalue weighted by atomic mass is 9.89. The van der Waals surface area contributed by atoms with Gasteiger partial charge in [-0.15, -0.1) is 0 Å². The Balaban J connectivity index is 1.81. The molecule has 2 heterocycles. The summed E-state index contributed by atoms with van der Waals surface area (Å²) in [7, 11) is 0. The van der Waals surface area contributed by atoms with Crippen molar-refractivity contribution in [3.63, 3.8) is 0 Å². The number of fused-ring (bicyclic) bond motifs is 7. The molecular formula is C19H15BrN2. The summed E-state index contributed by atoms with van der Waals surface area (Å²) >= 11 is 3.58. The number of hydrogen-bond donors (Lipinski definition) is 2. The summed E-state index contributed by atoms with van der Waals surface area (Å²) in [5, 5.41) is 6.25. The van der Waals surface area contributed by atoms with Gasteiger partial charge in [0.1, 0.15) is 0 Å². The smallest absolute Gasteiger partial charge is 0.0703 e. The van der Waals surface area contributed by atoms with Crippen LogP contribution in [0.2, 0.25) is 0 Å². The van der Waals surface area contributed by atoms with E-state index in [0.717, 1.165) is 4.47 Å². The number of anilines is 1. The van der Waals surface area contributed by atoms with Crippen LogP contribution in [0.4, 0.5) is 5.69 Å². The van der Waals surface area contributed by atoms with Crippen LogP contribution in [-0.4, -0.2) is 11.0 Å². The molecule has 22 heavy (non-hydrogen) atoms. The Morgan fingerprint density at radius 2 is 2.00 bits per heavy atom. The highest BCUT2D eigenvalue weighted by Crippen LogP contribution is 2.45. The number of halogens is 1. The molecular weight excluding hydrogens is 336 g/mol. The van der Waals surface area contributed by atoms with Gasteiger partial charge in [0.25, 0.3) is 0 Å². The van der Waals surface area contributed by atoms with Crippen LogP contribution < -0.4 is 5.32 Å². The van der Waals surface area contributed by atoms with Crippen LogP contribution in [0.3, 0.4) is 0 Å². The van der Waals surface area contributed by atoms with Crippen molar-refractivity contribution in [2.75, 3.05) is 5.32 Å². The molecule has 0 radical (unpaired) electrons. The fraction of sp³-hybridized carbons (Fsp3) is 0.158. The summed E-state index contributed by atoms with van der Waals surface area (Å²) in [6, 6.07) is 11.3. The van der Waals surface area contributed by atoms with Gasteiger partial charge in [0, 0.05) is 26.7 Å². The molecule has 3 heteroatoms. The lowest BCUT2D eigenvalue weighted by molar-refractivity contribution is 0.797. The minimum absolute atomic E-state index is 0.377. The number of H-pyrrole nitrogens is 1. The van der Waals surface area contributed by atoms with E-state index < -0.39 is 0 Å². The average molecular weight is 351 g/mol. The zero-order valence-electron chi connectivity index (χ0n) is 12.2. The maximum absolute atomic E-state index is 3.70. The van der Waals surface area contributed by atoms with Crippen LogP contribution in [0.25, 0.3) is 21.8 Å². The van der Waals surface area contributed by atoms with Crippen molar-refractivity contribution in [1.29, 1.82) is 0 Å². The predicted octanol–water partition coefficient (Wildman–Crippen LogP) is 5.48. The summed E-state index contributed by atoms with van der Waals surface area (Å²) in [4.78, 5) is 3.60. The topological polar surface area (TPSA) is 27.8 Å². The largest absolute Gasteiger partial charge is 0.376 e. The van der Waals surface area contributed by atoms with Crippen LogP contribution in [0.15, 0.2) is 58.6 Å². The number of benzene rings is 2. The van der Waals surface area contributed by atoms with Gasteiger partial charge in [-0.3, -0.25) is 0 Å². The number of nitrogens with one attached hydrogen (secondary N) is 2. The molecule has 108 valence electrons. The molecule has 1 aromatic heterocycles. The van der Waals surface area contributed by atoms with E-state index in [1.807, 2.05) is 0 Å². The number of aromatic amines is 1. The minimum atomic E-state index is 0.377. The molecule has 1 aliphatic carbocycles. The first-order chi connectivity index (χ1) is 10.7. The number of hydrogen-bond acceptors (Lipinski definition) is 1. The lowest BCUT2D eigenvalue weighted by Gasteiger charge is -2.17. The van der Waals surface area contributed by atoms with Gasteiger partial charge in [0.15, 0.2) is 0 Å². The van der Waals surface area contributed by atoms with E-state index in [1.165, 1.54) is 38.6 Å². The third-order valence-corrected chi connectivity index (χ3v) is 5.33. The van der Waals surface area contributed by atoms with Crippen LogP contribution in [0.5, 0.6) is 0 Å². The normalized spacial score (nSPS) is 22.5. The summed E-state index contributed by atoms with van der Waals surface area (Å²) in [5.41, 5.74) is 6.41. The van der Waals surface area contributed by atoms with E-state index in [9.17, 15) is 0 Å². The SMILES string of the molecule is CC1=CC2c3ccc4c([nH]c5ccc(Br)cc54)c3NC2C=C1. The standard InChI is InChI=1S/C19H15BrN2/c1-10-2-6-16-14(8-10)12-4-5-13-15-9-11(20)3-7-17(15)22-19(13)18(12)21-16/h2-9,14,16,21-22H,1H3. The summed E-state index contributed by atoms with van der Waals surface area (Å²) in [5.74, 6) is 0.447. The second kappa shape index (κ2) is 4.26. The van der Waals surface area contributed by atoms with Crippen LogP contribution in [-0.2, 0) is 0 Å². The monoisotopic (exact) mass is 350 g/mol. The summed E-state index contributed by atoms with van der Waals surface area (Å²) in [6.45, 7) is 2.17. The van der Waals surface area contributed by atoms with Crippen molar-refractivity contribution in [2.45, 2.75) is 18.9 Å². The van der Waals surface area contributed by atoms with E-state index in [0.29, 0.717) is 12.0 Å². The van der Waals surface area contributed by atoms with E-state index in [4.69, 9.17) is 0 Å². The van der Waals surface area contributed by atoms with Gasteiger partial charge in [-0.1, -0.05) is 51.9 Å². The molecule has 0 spiro atoms. The Labute approximate surface area is 137 Å². The predicted molar refractivity (Wildman–Crippen MR) is 96.6 cm³/mol. The fourth-order valence-corrected chi connectivity index (χ4v) is 4.16. The molecule has 5 rings (SSSR count). The number of aromatic nitrogens is 1. The van der Waals surface area contributed by atoms with Gasteiger partial charge in [0.05, 0.1) is 17.2 Å². The molecule has 0 amide bonds. The molecule has 2 aromatic carbocycles. The van der Waals surface area contributed by atoms with E-state index >= 15 is 0 Å². The van der Waals surface area contributed by atoms with Crippen molar-refractivity contribution in [2.24, 2.45) is 0 Å². The van der Waals surface area contributed by atoms with Crippen molar-refractivity contribution in [3.8, 4) is 0 Å². The molecule has 2 unspecified atom stereocenters. The van der Waals surface area contributed by atoms with Crippen LogP contribution >= 0.6 is 15.9 Å². The molecule has 2 nitrogen and oxygen atoms in total. The number of allylic oxidation sites excluding steroid dienone is 2. The highest BCUT2D eigenvalue weighted by Gasteiger charge is 2.32. The van der Waals surface area contributed by atoms with Crippen molar-refractivity contribution >= 4 is 43.4 Å². The Hall–Kier alpha value is -2.00. The highest BCUT2D eigenvalue weighted by molar-refractivity contribution is 9.10. The van der Waals surface area contributed by atoms with E-state index in [2.05, 4.69) is 81.7 Å². The molecule has 1 aliphatic heterocycles. The zero-order valence-corrected chi connectivity index (χ0v) is 13.7. The maximum atomic E-state index is 3.70. The van der Waals surface area contributed by atoms with Crippen molar-refractivity contribution < 1.29 is 0 Å². The van der Waals surface area contributed by atoms with E-state index in [-0.39, 0.29) is 0 Å². The maximum Gasteiger partial charge on any atom is 0.0703 e. The molecule has 0 saturated carbocycles. The van der Waals surface area contributed by atoms with E-state index in [1.54, 1.807) is 0 Å². The Morgan fingerprint density at radius 3 is 2.91 bits per heavy atom. The van der Waals surface area contributed by atoms with Gasteiger partial charge < -0.3 is 10.3 Å². The summed E-state index contributed by atoms with van der Waals surface area (Å²) in [6.07, 6.45) is 6.86. The lowest BCUT2D eigenvalue weighted by Crippen LogP contribution is -2.18. The average Bonchev–Trinajstić information content (AvgIpc) is 3.05. The second-order valence-electron chi connectivity index (χ2n) is 6.23. The first-order valence-corrected chi connectivity index (χ1v) is 8.37. The van der Waals surface area contributed by atoms with Gasteiger partial charge in [-0.2, -0.15) is 0 Å². The first-order valence-electron chi connectivity index (χ1n) is 7.58. The molecule has 2 N–H and O–H groups in total. The quantitative estimate of drug-likeness (QED) is 0.552. The van der Waals surface area contributed by atoms with Crippen LogP contribution in [0.1, 0.15) is 18.4 Å². The molecule has 0 bridgehead atoms. The Morgan fingerprint density at radius 1 is 1.09 bits per heavy atom. The van der Waals surface area contributed by atoms with Crippen molar-refractivity contribution in [3.05, 3.63) is 64.2 Å².